The Labute approximate surface area is 192 Å². The Bertz CT molecular complexity index is 1170. The minimum Gasteiger partial charge on any atom is -0.494 e. The highest BCUT2D eigenvalue weighted by atomic mass is 19.1. The molecular weight excluding hydrogens is 419 g/mol. The van der Waals surface area contributed by atoms with Crippen LogP contribution in [0.15, 0.2) is 83.3 Å². The summed E-state index contributed by atoms with van der Waals surface area (Å²) >= 11 is 0. The summed E-state index contributed by atoms with van der Waals surface area (Å²) in [6.07, 6.45) is 0.550. The number of nitrogens with one attached hydrogen (secondary N) is 1. The van der Waals surface area contributed by atoms with Crippen LogP contribution in [0.1, 0.15) is 30.8 Å². The zero-order valence-electron chi connectivity index (χ0n) is 18.5. The van der Waals surface area contributed by atoms with Crippen molar-refractivity contribution in [3.63, 3.8) is 0 Å². The molecule has 1 atom stereocenters. The molecule has 1 aromatic heterocycles. The predicted molar refractivity (Wildman–Crippen MR) is 125 cm³/mol. The Morgan fingerprint density at radius 2 is 1.70 bits per heavy atom. The summed E-state index contributed by atoms with van der Waals surface area (Å²) < 4.78 is 25.0. The molecule has 0 aliphatic rings. The molecule has 0 saturated carbocycles. The van der Waals surface area contributed by atoms with Crippen molar-refractivity contribution in [2.45, 2.75) is 25.8 Å². The third-order valence-electron chi connectivity index (χ3n) is 5.37. The number of ether oxygens (including phenoxy) is 1. The summed E-state index contributed by atoms with van der Waals surface area (Å²) in [5.74, 6) is 0.715. The molecule has 0 aliphatic carbocycles. The lowest BCUT2D eigenvalue weighted by molar-refractivity contribution is -0.121. The third kappa shape index (κ3) is 5.29. The zero-order valence-corrected chi connectivity index (χ0v) is 18.5. The van der Waals surface area contributed by atoms with Gasteiger partial charge in [0.15, 0.2) is 23.2 Å². The van der Waals surface area contributed by atoms with E-state index in [1.807, 2.05) is 67.6 Å². The van der Waals surface area contributed by atoms with Gasteiger partial charge in [0.1, 0.15) is 5.69 Å². The number of hydrogen-bond acceptors (Lipinski definition) is 4. The number of amides is 1. The summed E-state index contributed by atoms with van der Waals surface area (Å²) in [5.41, 5.74) is 3.29. The molecule has 3 aromatic carbocycles. The maximum Gasteiger partial charge on any atom is 0.220 e. The lowest BCUT2D eigenvalue weighted by Crippen LogP contribution is -2.26. The maximum absolute atomic E-state index is 14.0. The van der Waals surface area contributed by atoms with E-state index in [2.05, 4.69) is 10.3 Å². The van der Waals surface area contributed by atoms with E-state index < -0.39 is 5.82 Å². The SMILES string of the molecule is COc1ccc(C(C)NC(=O)CCc2nc(-c3ccccc3)c(-c3ccccc3)o2)cc1F. The molecule has 0 saturated heterocycles. The van der Waals surface area contributed by atoms with Crippen LogP contribution in [0.25, 0.3) is 22.6 Å². The van der Waals surface area contributed by atoms with Crippen LogP contribution >= 0.6 is 0 Å². The third-order valence-corrected chi connectivity index (χ3v) is 5.37. The van der Waals surface area contributed by atoms with Gasteiger partial charge in [0, 0.05) is 24.0 Å². The molecule has 0 aliphatic heterocycles. The number of benzene rings is 3. The van der Waals surface area contributed by atoms with Gasteiger partial charge in [-0.15, -0.1) is 0 Å². The van der Waals surface area contributed by atoms with Crippen molar-refractivity contribution < 1.29 is 18.3 Å². The van der Waals surface area contributed by atoms with Gasteiger partial charge >= 0.3 is 0 Å². The van der Waals surface area contributed by atoms with Gasteiger partial charge in [0.05, 0.1) is 13.2 Å². The van der Waals surface area contributed by atoms with Crippen molar-refractivity contribution in [3.05, 3.63) is 96.1 Å². The van der Waals surface area contributed by atoms with Crippen molar-refractivity contribution in [2.75, 3.05) is 7.11 Å². The van der Waals surface area contributed by atoms with Gasteiger partial charge in [-0.05, 0) is 24.6 Å². The van der Waals surface area contributed by atoms with Crippen LogP contribution in [0, 0.1) is 5.82 Å². The molecular formula is C27H25FN2O3. The smallest absolute Gasteiger partial charge is 0.220 e. The van der Waals surface area contributed by atoms with Crippen LogP contribution in [0.4, 0.5) is 4.39 Å². The first kappa shape index (κ1) is 22.3. The molecule has 1 amide bonds. The Morgan fingerprint density at radius 1 is 1.03 bits per heavy atom. The number of methoxy groups -OCH3 is 1. The van der Waals surface area contributed by atoms with Gasteiger partial charge in [0.2, 0.25) is 5.91 Å². The molecule has 33 heavy (non-hydrogen) atoms. The molecule has 1 N–H and O–H groups in total. The molecule has 0 spiro atoms. The minimum atomic E-state index is -0.460. The maximum atomic E-state index is 14.0. The zero-order chi connectivity index (χ0) is 23.2. The summed E-state index contributed by atoms with van der Waals surface area (Å²) in [6, 6.07) is 23.9. The Kier molecular flexibility index (Phi) is 6.83. The molecule has 4 rings (SSSR count). The van der Waals surface area contributed by atoms with Crippen LogP contribution in [-0.2, 0) is 11.2 Å². The first-order chi connectivity index (χ1) is 16.0. The van der Waals surface area contributed by atoms with E-state index >= 15 is 0 Å². The van der Waals surface area contributed by atoms with Crippen LogP contribution in [0.2, 0.25) is 0 Å². The normalized spacial score (nSPS) is 11.7. The van der Waals surface area contributed by atoms with Crippen LogP contribution in [0.3, 0.4) is 0 Å². The molecule has 0 bridgehead atoms. The topological polar surface area (TPSA) is 64.4 Å². The van der Waals surface area contributed by atoms with E-state index in [0.717, 1.165) is 16.8 Å². The second-order valence-corrected chi connectivity index (χ2v) is 7.70. The van der Waals surface area contributed by atoms with E-state index in [1.165, 1.54) is 13.2 Å². The number of carbonyl (C=O) groups excluding carboxylic acids is 1. The quantitative estimate of drug-likeness (QED) is 0.364. The van der Waals surface area contributed by atoms with Gasteiger partial charge in [-0.25, -0.2) is 9.37 Å². The van der Waals surface area contributed by atoms with E-state index in [-0.39, 0.29) is 24.1 Å². The highest BCUT2D eigenvalue weighted by molar-refractivity contribution is 5.78. The molecule has 0 fully saturated rings. The van der Waals surface area contributed by atoms with Crippen molar-refractivity contribution >= 4 is 5.91 Å². The average molecular weight is 445 g/mol. The monoisotopic (exact) mass is 444 g/mol. The number of hydrogen-bond donors (Lipinski definition) is 1. The summed E-state index contributed by atoms with van der Waals surface area (Å²) in [7, 11) is 1.42. The van der Waals surface area contributed by atoms with Crippen molar-refractivity contribution in [1.82, 2.24) is 10.3 Å². The highest BCUT2D eigenvalue weighted by Gasteiger charge is 2.18. The fourth-order valence-electron chi connectivity index (χ4n) is 3.62. The Morgan fingerprint density at radius 3 is 2.33 bits per heavy atom. The molecule has 6 heteroatoms. The molecule has 1 unspecified atom stereocenters. The van der Waals surface area contributed by atoms with Gasteiger partial charge in [-0.3, -0.25) is 4.79 Å². The molecule has 5 nitrogen and oxygen atoms in total. The summed E-state index contributed by atoms with van der Waals surface area (Å²) in [6.45, 7) is 1.81. The molecule has 168 valence electrons. The van der Waals surface area contributed by atoms with E-state index in [1.54, 1.807) is 12.1 Å². The first-order valence-electron chi connectivity index (χ1n) is 10.8. The van der Waals surface area contributed by atoms with Crippen LogP contribution in [-0.4, -0.2) is 18.0 Å². The molecule has 1 heterocycles. The largest absolute Gasteiger partial charge is 0.494 e. The predicted octanol–water partition coefficient (Wildman–Crippen LogP) is 5.97. The molecule has 0 radical (unpaired) electrons. The fraction of sp³-hybridized carbons (Fsp3) is 0.185. The van der Waals surface area contributed by atoms with Crippen molar-refractivity contribution in [2.24, 2.45) is 0 Å². The van der Waals surface area contributed by atoms with Gasteiger partial charge in [-0.1, -0.05) is 66.7 Å². The van der Waals surface area contributed by atoms with Crippen molar-refractivity contribution in [1.29, 1.82) is 0 Å². The first-order valence-corrected chi connectivity index (χ1v) is 10.8. The van der Waals surface area contributed by atoms with Gasteiger partial charge in [-0.2, -0.15) is 0 Å². The summed E-state index contributed by atoms with van der Waals surface area (Å²) in [5, 5.41) is 2.90. The standard InChI is InChI=1S/C27H25FN2O3/c1-18(21-13-14-23(32-2)22(28)17-21)29-24(31)15-16-25-30-26(19-9-5-3-6-10-19)27(33-25)20-11-7-4-8-12-20/h3-14,17-18H,15-16H2,1-2H3,(H,29,31). The average Bonchev–Trinajstić information content (AvgIpc) is 3.28. The van der Waals surface area contributed by atoms with Crippen molar-refractivity contribution in [3.8, 4) is 28.3 Å². The minimum absolute atomic E-state index is 0.167. The number of aromatic nitrogens is 1. The highest BCUT2D eigenvalue weighted by Crippen LogP contribution is 2.33. The number of oxazole rings is 1. The van der Waals surface area contributed by atoms with Crippen LogP contribution < -0.4 is 10.1 Å². The number of aryl methyl sites for hydroxylation is 1. The lowest BCUT2D eigenvalue weighted by atomic mass is 10.1. The number of nitrogens with zero attached hydrogens (tertiary/aromatic N) is 1. The second-order valence-electron chi connectivity index (χ2n) is 7.70. The lowest BCUT2D eigenvalue weighted by Gasteiger charge is -2.15. The Hall–Kier alpha value is -3.93. The van der Waals surface area contributed by atoms with E-state index in [4.69, 9.17) is 9.15 Å². The molecule has 4 aromatic rings. The fourth-order valence-corrected chi connectivity index (χ4v) is 3.62. The summed E-state index contributed by atoms with van der Waals surface area (Å²) in [4.78, 5) is 17.2. The second kappa shape index (κ2) is 10.1. The number of rotatable bonds is 8. The number of carbonyl (C=O) groups is 1. The number of halogens is 1. The van der Waals surface area contributed by atoms with E-state index in [0.29, 0.717) is 23.6 Å². The van der Waals surface area contributed by atoms with E-state index in [9.17, 15) is 9.18 Å². The van der Waals surface area contributed by atoms with Gasteiger partial charge in [0.25, 0.3) is 0 Å². The van der Waals surface area contributed by atoms with Crippen LogP contribution in [0.5, 0.6) is 5.75 Å². The Balaban J connectivity index is 1.46. The van der Waals surface area contributed by atoms with Gasteiger partial charge < -0.3 is 14.5 Å².